The Balaban J connectivity index is 2.30. The Hall–Kier alpha value is -3.68. The summed E-state index contributed by atoms with van der Waals surface area (Å²) < 4.78 is 5.22. The highest BCUT2D eigenvalue weighted by molar-refractivity contribution is 6.04. The summed E-state index contributed by atoms with van der Waals surface area (Å²) in [5, 5.41) is 14.2. The van der Waals surface area contributed by atoms with Gasteiger partial charge in [-0.2, -0.15) is 0 Å². The van der Waals surface area contributed by atoms with Gasteiger partial charge in [0.15, 0.2) is 0 Å². The van der Waals surface area contributed by atoms with Crippen molar-refractivity contribution < 1.29 is 19.2 Å². The second kappa shape index (κ2) is 7.91. The molecule has 1 N–H and O–H groups in total. The number of carbonyl (C=O) groups excluding carboxylic acids is 2. The monoisotopic (exact) mass is 381 g/mol. The summed E-state index contributed by atoms with van der Waals surface area (Å²) in [5.41, 5.74) is 1.15. The van der Waals surface area contributed by atoms with Gasteiger partial charge < -0.3 is 10.1 Å². The van der Waals surface area contributed by atoms with Crippen LogP contribution in [0.15, 0.2) is 60.2 Å². The van der Waals surface area contributed by atoms with E-state index in [1.54, 1.807) is 37.3 Å². The van der Waals surface area contributed by atoms with Gasteiger partial charge in [-0.1, -0.05) is 42.5 Å². The maximum absolute atomic E-state index is 12.9. The predicted molar refractivity (Wildman–Crippen MR) is 102 cm³/mol. The molecule has 0 saturated carbocycles. The molecule has 0 fully saturated rings. The molecule has 0 saturated heterocycles. The molecule has 0 aromatic heterocycles. The molecule has 1 atom stereocenters. The first kappa shape index (κ1) is 19.1. The molecule has 144 valence electrons. The minimum Gasteiger partial charge on any atom is -0.463 e. The summed E-state index contributed by atoms with van der Waals surface area (Å²) in [6.07, 6.45) is 0. The average molecular weight is 381 g/mol. The first-order valence-electron chi connectivity index (χ1n) is 8.70. The van der Waals surface area contributed by atoms with E-state index in [1.165, 1.54) is 30.1 Å². The predicted octanol–water partition coefficient (Wildman–Crippen LogP) is 3.27. The molecule has 0 aliphatic carbocycles. The minimum atomic E-state index is -1.01. The Labute approximate surface area is 161 Å². The van der Waals surface area contributed by atoms with Crippen molar-refractivity contribution in [3.05, 3.63) is 81.4 Å². The Morgan fingerprint density at radius 1 is 1.18 bits per heavy atom. The van der Waals surface area contributed by atoms with Gasteiger partial charge in [-0.25, -0.2) is 9.59 Å². The molecule has 1 heterocycles. The van der Waals surface area contributed by atoms with Crippen LogP contribution in [0.5, 0.6) is 0 Å². The number of nitro groups is 1. The van der Waals surface area contributed by atoms with Crippen LogP contribution in [-0.2, 0) is 9.53 Å². The van der Waals surface area contributed by atoms with E-state index in [2.05, 4.69) is 5.32 Å². The number of ether oxygens (including phenoxy) is 1. The Kier molecular flexibility index (Phi) is 5.39. The maximum Gasteiger partial charge on any atom is 0.338 e. The lowest BCUT2D eigenvalue weighted by molar-refractivity contribution is -0.385. The van der Waals surface area contributed by atoms with Crippen LogP contribution in [0.4, 0.5) is 10.5 Å². The first-order valence-corrected chi connectivity index (χ1v) is 8.70. The number of rotatable bonds is 5. The van der Waals surface area contributed by atoms with E-state index in [9.17, 15) is 19.7 Å². The molecule has 0 spiro atoms. The van der Waals surface area contributed by atoms with E-state index >= 15 is 0 Å². The zero-order valence-electron chi connectivity index (χ0n) is 15.4. The Morgan fingerprint density at radius 2 is 1.82 bits per heavy atom. The zero-order valence-corrected chi connectivity index (χ0v) is 15.4. The van der Waals surface area contributed by atoms with Gasteiger partial charge in [0.25, 0.3) is 5.69 Å². The molecule has 28 heavy (non-hydrogen) atoms. The fraction of sp³-hybridized carbons (Fsp3) is 0.200. The molecule has 2 aromatic carbocycles. The smallest absolute Gasteiger partial charge is 0.338 e. The van der Waals surface area contributed by atoms with Gasteiger partial charge in [-0.15, -0.1) is 0 Å². The lowest BCUT2D eigenvalue weighted by atomic mass is 9.91. The van der Waals surface area contributed by atoms with Gasteiger partial charge in [0.1, 0.15) is 0 Å². The third-order valence-electron chi connectivity index (χ3n) is 4.44. The average Bonchev–Trinajstić information content (AvgIpc) is 2.70. The van der Waals surface area contributed by atoms with Crippen LogP contribution < -0.4 is 5.32 Å². The number of para-hydroxylation sites is 1. The van der Waals surface area contributed by atoms with Crippen LogP contribution in [0, 0.1) is 10.1 Å². The van der Waals surface area contributed by atoms with Crippen LogP contribution in [0.25, 0.3) is 5.70 Å². The van der Waals surface area contributed by atoms with E-state index in [-0.39, 0.29) is 23.4 Å². The van der Waals surface area contributed by atoms with Gasteiger partial charge in [0, 0.05) is 13.1 Å². The van der Waals surface area contributed by atoms with Gasteiger partial charge in [0.2, 0.25) is 0 Å². The molecule has 3 rings (SSSR count). The minimum absolute atomic E-state index is 0.131. The SMILES string of the molecule is CCOC(=O)C1=C(c2ccccc2)N(C)C(=O)NC1c1ccccc1[N+](=O)[O-]. The molecule has 2 aromatic rings. The van der Waals surface area contributed by atoms with Gasteiger partial charge in [0.05, 0.1) is 34.4 Å². The number of benzene rings is 2. The summed E-state index contributed by atoms with van der Waals surface area (Å²) in [7, 11) is 1.53. The highest BCUT2D eigenvalue weighted by Gasteiger charge is 2.39. The highest BCUT2D eigenvalue weighted by Crippen LogP contribution is 2.38. The number of nitro benzene ring substituents is 1. The summed E-state index contributed by atoms with van der Waals surface area (Å²) >= 11 is 0. The van der Waals surface area contributed by atoms with Crippen molar-refractivity contribution in [3.63, 3.8) is 0 Å². The van der Waals surface area contributed by atoms with Crippen molar-refractivity contribution in [3.8, 4) is 0 Å². The standard InChI is InChI=1S/C20H19N3O5/c1-3-28-19(24)16-17(14-11-7-8-12-15(14)23(26)27)21-20(25)22(2)18(16)13-9-5-4-6-10-13/h4-12,17H,3H2,1-2H3,(H,21,25). The van der Waals surface area contributed by atoms with Crippen molar-refractivity contribution in [1.29, 1.82) is 0 Å². The van der Waals surface area contributed by atoms with Gasteiger partial charge in [-0.05, 0) is 18.6 Å². The van der Waals surface area contributed by atoms with E-state index in [0.717, 1.165) is 0 Å². The van der Waals surface area contributed by atoms with E-state index in [1.807, 2.05) is 6.07 Å². The topological polar surface area (TPSA) is 102 Å². The second-order valence-electron chi connectivity index (χ2n) is 6.11. The first-order chi connectivity index (χ1) is 13.5. The maximum atomic E-state index is 12.9. The molecule has 0 radical (unpaired) electrons. The summed E-state index contributed by atoms with van der Waals surface area (Å²) in [4.78, 5) is 37.8. The Morgan fingerprint density at radius 3 is 2.46 bits per heavy atom. The number of nitrogens with zero attached hydrogens (tertiary/aromatic N) is 2. The number of hydrogen-bond acceptors (Lipinski definition) is 5. The van der Waals surface area contributed by atoms with Crippen LogP contribution in [-0.4, -0.2) is 35.5 Å². The van der Waals surface area contributed by atoms with E-state index in [0.29, 0.717) is 11.3 Å². The number of hydrogen-bond donors (Lipinski definition) is 1. The highest BCUT2D eigenvalue weighted by atomic mass is 16.6. The van der Waals surface area contributed by atoms with Gasteiger partial charge >= 0.3 is 12.0 Å². The molecule has 8 heteroatoms. The molecule has 1 aliphatic heterocycles. The summed E-state index contributed by atoms with van der Waals surface area (Å²) in [5.74, 6) is -0.642. The molecule has 1 aliphatic rings. The van der Waals surface area contributed by atoms with Crippen molar-refractivity contribution in [2.45, 2.75) is 13.0 Å². The molecular formula is C20H19N3O5. The molecular weight excluding hydrogens is 362 g/mol. The molecule has 0 bridgehead atoms. The van der Waals surface area contributed by atoms with E-state index in [4.69, 9.17) is 4.74 Å². The zero-order chi connectivity index (χ0) is 20.3. The molecule has 2 amide bonds. The third kappa shape index (κ3) is 3.44. The lowest BCUT2D eigenvalue weighted by Gasteiger charge is -2.34. The summed E-state index contributed by atoms with van der Waals surface area (Å²) in [6, 6.07) is 13.4. The van der Waals surface area contributed by atoms with Gasteiger partial charge in [-0.3, -0.25) is 15.0 Å². The fourth-order valence-electron chi connectivity index (χ4n) is 3.21. The van der Waals surface area contributed by atoms with Crippen LogP contribution in [0.2, 0.25) is 0 Å². The van der Waals surface area contributed by atoms with Crippen molar-refractivity contribution in [2.24, 2.45) is 0 Å². The third-order valence-corrected chi connectivity index (χ3v) is 4.44. The van der Waals surface area contributed by atoms with Crippen LogP contribution >= 0.6 is 0 Å². The normalized spacial score (nSPS) is 16.6. The Bertz CT molecular complexity index is 955. The van der Waals surface area contributed by atoms with E-state index < -0.39 is 23.0 Å². The number of amides is 2. The fourth-order valence-corrected chi connectivity index (χ4v) is 3.21. The quantitative estimate of drug-likeness (QED) is 0.487. The van der Waals surface area contributed by atoms with Crippen LogP contribution in [0.3, 0.4) is 0 Å². The second-order valence-corrected chi connectivity index (χ2v) is 6.11. The molecule has 8 nitrogen and oxygen atoms in total. The molecule has 1 unspecified atom stereocenters. The number of esters is 1. The largest absolute Gasteiger partial charge is 0.463 e. The number of carbonyl (C=O) groups is 2. The van der Waals surface area contributed by atoms with Crippen molar-refractivity contribution in [2.75, 3.05) is 13.7 Å². The number of urea groups is 1. The van der Waals surface area contributed by atoms with Crippen molar-refractivity contribution in [1.82, 2.24) is 10.2 Å². The summed E-state index contributed by atoms with van der Waals surface area (Å²) in [6.45, 7) is 1.80. The number of nitrogens with one attached hydrogen (secondary N) is 1. The van der Waals surface area contributed by atoms with Crippen molar-refractivity contribution >= 4 is 23.4 Å². The van der Waals surface area contributed by atoms with Crippen LogP contribution in [0.1, 0.15) is 24.1 Å². The lowest BCUT2D eigenvalue weighted by Crippen LogP contribution is -2.46.